The Balaban J connectivity index is 0.00000506. The zero-order chi connectivity index (χ0) is 30.6. The van der Waals surface area contributed by atoms with Crippen LogP contribution < -0.4 is 41.0 Å². The van der Waals surface area contributed by atoms with Crippen LogP contribution in [0.2, 0.25) is 0 Å². The smallest absolute Gasteiger partial charge is 0.507 e. The number of anilines is 2. The largest absolute Gasteiger partial charge is 1.00 e. The van der Waals surface area contributed by atoms with Crippen molar-refractivity contribution in [3.8, 4) is 5.75 Å². The van der Waals surface area contributed by atoms with E-state index in [1.807, 2.05) is 0 Å². The molecule has 7 N–H and O–H groups in total. The van der Waals surface area contributed by atoms with Gasteiger partial charge in [-0.3, -0.25) is 4.55 Å². The number of hydrogen-bond donors (Lipinski definition) is 5. The van der Waals surface area contributed by atoms with E-state index in [2.05, 4.69) is 30.7 Å². The quantitative estimate of drug-likeness (QED) is 0.0827. The van der Waals surface area contributed by atoms with Gasteiger partial charge >= 0.3 is 35.5 Å². The van der Waals surface area contributed by atoms with Crippen molar-refractivity contribution in [2.24, 2.45) is 30.7 Å². The number of carbonyl (C=O) groups is 1. The van der Waals surface area contributed by atoms with Crippen LogP contribution in [0.1, 0.15) is 21.5 Å². The first-order chi connectivity index (χ1) is 19.8. The zero-order valence-electron chi connectivity index (χ0n) is 23.2. The van der Waals surface area contributed by atoms with Gasteiger partial charge in [0.25, 0.3) is 10.1 Å². The number of aromatic carboxylic acids is 1. The van der Waals surface area contributed by atoms with Crippen molar-refractivity contribution in [1.82, 2.24) is 0 Å². The number of carboxylic acids is 1. The van der Waals surface area contributed by atoms with Crippen molar-refractivity contribution >= 4 is 61.6 Å². The van der Waals surface area contributed by atoms with E-state index in [-0.39, 0.29) is 75.0 Å². The number of benzene rings is 4. The molecule has 4 aromatic rings. The van der Waals surface area contributed by atoms with Crippen molar-refractivity contribution in [3.63, 3.8) is 0 Å². The number of phenols is 1. The molecule has 16 heteroatoms. The van der Waals surface area contributed by atoms with E-state index < -0.39 is 21.0 Å². The molecule has 0 fully saturated rings. The Kier molecular flexibility index (Phi) is 10.4. The molecule has 0 heterocycles. The van der Waals surface area contributed by atoms with E-state index in [0.29, 0.717) is 22.5 Å². The van der Waals surface area contributed by atoms with Gasteiger partial charge in [-0.1, -0.05) is 6.07 Å². The molecule has 0 aliphatic carbocycles. The second-order valence-corrected chi connectivity index (χ2v) is 10.3. The van der Waals surface area contributed by atoms with Crippen LogP contribution in [0.3, 0.4) is 0 Å². The van der Waals surface area contributed by atoms with Gasteiger partial charge in [0.05, 0.1) is 28.4 Å². The zero-order valence-corrected chi connectivity index (χ0v) is 26.0. The summed E-state index contributed by atoms with van der Waals surface area (Å²) in [5.74, 6) is -1.66. The van der Waals surface area contributed by atoms with Gasteiger partial charge < -0.3 is 21.7 Å². The van der Waals surface area contributed by atoms with E-state index in [1.54, 1.807) is 50.2 Å². The minimum atomic E-state index is -4.56. The normalized spacial score (nSPS) is 11.8. The number of azo groups is 3. The second-order valence-electron chi connectivity index (χ2n) is 8.96. The van der Waals surface area contributed by atoms with Crippen LogP contribution in [-0.2, 0) is 10.1 Å². The number of aryl methyl sites for hydroxylation is 2. The molecule has 0 aliphatic rings. The molecule has 0 aliphatic heterocycles. The minimum Gasteiger partial charge on any atom is -0.507 e. The van der Waals surface area contributed by atoms with Crippen LogP contribution in [0.5, 0.6) is 5.75 Å². The maximum absolute atomic E-state index is 11.8. The van der Waals surface area contributed by atoms with E-state index in [1.165, 1.54) is 30.3 Å². The molecule has 43 heavy (non-hydrogen) atoms. The van der Waals surface area contributed by atoms with Gasteiger partial charge in [0.1, 0.15) is 33.3 Å². The SMILES string of the molecule is Cc1ccc(N=Nc2c(N)c(C)cc(N=Nc3ccc(N=Nc4ccc(O)c(C(=O)O)c4)cc3)c2N)c(S(=O)(=O)O)c1.[Na+]. The predicted octanol–water partition coefficient (Wildman–Crippen LogP) is 4.37. The summed E-state index contributed by atoms with van der Waals surface area (Å²) >= 11 is 0. The molecule has 0 spiro atoms. The first-order valence-corrected chi connectivity index (χ1v) is 13.5. The summed E-state index contributed by atoms with van der Waals surface area (Å²) in [7, 11) is -4.56. The fraction of sp³-hybridized carbons (Fsp3) is 0.0741. The molecule has 0 aromatic heterocycles. The number of rotatable bonds is 8. The summed E-state index contributed by atoms with van der Waals surface area (Å²) in [6.07, 6.45) is 0. The molecule has 0 amide bonds. The van der Waals surface area contributed by atoms with Crippen LogP contribution in [0.25, 0.3) is 0 Å². The van der Waals surface area contributed by atoms with Gasteiger partial charge in [0, 0.05) is 0 Å². The third-order valence-corrected chi connectivity index (χ3v) is 6.71. The fourth-order valence-corrected chi connectivity index (χ4v) is 4.30. The van der Waals surface area contributed by atoms with Gasteiger partial charge in [0.2, 0.25) is 0 Å². The Morgan fingerprint density at radius 2 is 1.28 bits per heavy atom. The van der Waals surface area contributed by atoms with E-state index in [9.17, 15) is 22.9 Å². The average molecular weight is 612 g/mol. The summed E-state index contributed by atoms with van der Waals surface area (Å²) < 4.78 is 33.1. The maximum atomic E-state index is 11.8. The Morgan fingerprint density at radius 3 is 1.88 bits per heavy atom. The summed E-state index contributed by atoms with van der Waals surface area (Å²) in [4.78, 5) is 10.8. The number of hydrogen-bond acceptors (Lipinski definition) is 12. The molecule has 0 atom stereocenters. The molecule has 0 bridgehead atoms. The number of carboxylic acid groups (broad SMARTS) is 1. The summed E-state index contributed by atoms with van der Waals surface area (Å²) in [5, 5.41) is 43.2. The summed E-state index contributed by atoms with van der Waals surface area (Å²) in [6.45, 7) is 3.37. The molecular formula is C27H24N8NaO6S+. The van der Waals surface area contributed by atoms with Crippen LogP contribution >= 0.6 is 0 Å². The summed E-state index contributed by atoms with van der Waals surface area (Å²) in [6, 6.07) is 16.2. The summed E-state index contributed by atoms with van der Waals surface area (Å²) in [5.41, 5.74) is 14.9. The topological polar surface area (TPSA) is 238 Å². The maximum Gasteiger partial charge on any atom is 1.00 e. The van der Waals surface area contributed by atoms with Crippen molar-refractivity contribution in [3.05, 3.63) is 83.4 Å². The monoisotopic (exact) mass is 611 g/mol. The Hall–Kier alpha value is -4.54. The molecule has 4 aromatic carbocycles. The van der Waals surface area contributed by atoms with Crippen LogP contribution in [0.15, 0.2) is 102 Å². The van der Waals surface area contributed by atoms with Gasteiger partial charge in [0.15, 0.2) is 0 Å². The third-order valence-electron chi connectivity index (χ3n) is 5.83. The minimum absolute atomic E-state index is 0. The number of nitrogen functional groups attached to an aromatic ring is 2. The van der Waals surface area contributed by atoms with Crippen molar-refractivity contribution in [1.29, 1.82) is 0 Å². The third kappa shape index (κ3) is 8.06. The van der Waals surface area contributed by atoms with E-state index >= 15 is 0 Å². The number of nitrogens with zero attached hydrogens (tertiary/aromatic N) is 6. The molecule has 0 unspecified atom stereocenters. The van der Waals surface area contributed by atoms with Gasteiger partial charge in [-0.05, 0) is 85.6 Å². The molecular weight excluding hydrogens is 587 g/mol. The average Bonchev–Trinajstić information content (AvgIpc) is 2.94. The first kappa shape index (κ1) is 33.0. The number of nitrogens with two attached hydrogens (primary N) is 2. The molecule has 4 rings (SSSR count). The van der Waals surface area contributed by atoms with Gasteiger partial charge in [-0.15, -0.1) is 15.3 Å². The van der Waals surface area contributed by atoms with Crippen molar-refractivity contribution < 1.29 is 57.5 Å². The van der Waals surface area contributed by atoms with Crippen LogP contribution in [0, 0.1) is 13.8 Å². The van der Waals surface area contributed by atoms with Crippen molar-refractivity contribution in [2.45, 2.75) is 18.7 Å². The predicted molar refractivity (Wildman–Crippen MR) is 155 cm³/mol. The van der Waals surface area contributed by atoms with Gasteiger partial charge in [-0.2, -0.15) is 23.8 Å². The van der Waals surface area contributed by atoms with Crippen LogP contribution in [-0.4, -0.2) is 29.2 Å². The molecule has 0 radical (unpaired) electrons. The molecule has 14 nitrogen and oxygen atoms in total. The first-order valence-electron chi connectivity index (χ1n) is 12.0. The van der Waals surface area contributed by atoms with E-state index in [0.717, 1.165) is 0 Å². The molecule has 0 saturated heterocycles. The number of aromatic hydroxyl groups is 1. The van der Waals surface area contributed by atoms with Crippen LogP contribution in [0.4, 0.5) is 45.5 Å². The Bertz CT molecular complexity index is 1890. The fourth-order valence-electron chi connectivity index (χ4n) is 3.59. The Morgan fingerprint density at radius 1 is 0.721 bits per heavy atom. The standard InChI is InChI=1S/C27H24N8O6S.Na/c1-14-3-9-20(23(11-14)42(39,40)41)33-35-26-24(28)15(2)12-21(25(26)29)34-31-17-6-4-16(5-7-17)30-32-18-8-10-22(36)19(13-18)27(37)38;/h3-13,36H,28-29H2,1-2H3,(H,37,38)(H,39,40,41);/q;+1. The second kappa shape index (κ2) is 13.6. The van der Waals surface area contributed by atoms with Gasteiger partial charge in [-0.25, -0.2) is 4.79 Å². The molecule has 214 valence electrons. The molecule has 0 saturated carbocycles. The van der Waals surface area contributed by atoms with E-state index in [4.69, 9.17) is 16.6 Å². The van der Waals surface area contributed by atoms with Crippen molar-refractivity contribution in [2.75, 3.05) is 11.5 Å². The Labute approximate surface area is 268 Å².